The van der Waals surface area contributed by atoms with Gasteiger partial charge >= 0.3 is 12.1 Å². The average Bonchev–Trinajstić information content (AvgIpc) is 2.63. The topological polar surface area (TPSA) is 92.1 Å². The van der Waals surface area contributed by atoms with Crippen LogP contribution < -0.4 is 10.3 Å². The summed E-state index contributed by atoms with van der Waals surface area (Å²) < 4.78 is 19.7. The van der Waals surface area contributed by atoms with Gasteiger partial charge in [0.25, 0.3) is 0 Å². The highest BCUT2D eigenvalue weighted by atomic mass is 19.2. The maximum atomic E-state index is 14.3. The number of aromatic carboxylic acids is 1. The molecule has 150 valence electrons. The average molecular weight is 391 g/mol. The summed E-state index contributed by atoms with van der Waals surface area (Å²) in [4.78, 5) is 39.2. The van der Waals surface area contributed by atoms with Crippen molar-refractivity contribution in [1.29, 1.82) is 0 Å². The van der Waals surface area contributed by atoms with Crippen LogP contribution in [0.15, 0.2) is 29.2 Å². The molecule has 0 atom stereocenters. The first-order valence-electron chi connectivity index (χ1n) is 8.88. The molecule has 1 fully saturated rings. The predicted molar refractivity (Wildman–Crippen MR) is 102 cm³/mol. The molecule has 8 nitrogen and oxygen atoms in total. The molecule has 0 radical (unpaired) electrons. The second-order valence-corrected chi connectivity index (χ2v) is 7.64. The van der Waals surface area contributed by atoms with Crippen molar-refractivity contribution in [2.24, 2.45) is 0 Å². The first-order chi connectivity index (χ1) is 13.1. The van der Waals surface area contributed by atoms with Gasteiger partial charge in [0.2, 0.25) is 5.43 Å². The Balaban J connectivity index is 1.80. The molecule has 1 aliphatic rings. The lowest BCUT2D eigenvalue weighted by atomic mass is 10.1. The molecule has 0 spiro atoms. The number of carboxylic acid groups (broad SMARTS) is 1. The summed E-state index contributed by atoms with van der Waals surface area (Å²) in [6.07, 6.45) is 0.307. The van der Waals surface area contributed by atoms with Gasteiger partial charge in [-0.25, -0.2) is 9.59 Å². The van der Waals surface area contributed by atoms with E-state index in [-0.39, 0.29) is 21.8 Å². The molecule has 1 amide bonds. The number of hydrogen-bond acceptors (Lipinski definition) is 5. The second-order valence-electron chi connectivity index (χ2n) is 7.64. The van der Waals surface area contributed by atoms with Crippen LogP contribution >= 0.6 is 0 Å². The lowest BCUT2D eigenvalue weighted by molar-refractivity contribution is 0.0240. The molecule has 2 heterocycles. The number of aromatic nitrogens is 1. The minimum absolute atomic E-state index is 0.00135. The zero-order valence-corrected chi connectivity index (χ0v) is 15.9. The number of nitrogens with zero attached hydrogens (tertiary/aromatic N) is 3. The number of rotatable bonds is 2. The smallest absolute Gasteiger partial charge is 0.410 e. The molecule has 1 saturated heterocycles. The third-order valence-corrected chi connectivity index (χ3v) is 4.47. The Morgan fingerprint density at radius 2 is 1.79 bits per heavy atom. The van der Waals surface area contributed by atoms with E-state index in [9.17, 15) is 18.9 Å². The summed E-state index contributed by atoms with van der Waals surface area (Å²) in [5.41, 5.74) is -1.22. The lowest BCUT2D eigenvalue weighted by Gasteiger charge is -2.36. The van der Waals surface area contributed by atoms with Crippen LogP contribution in [-0.2, 0) is 4.74 Å². The number of halogens is 1. The first kappa shape index (κ1) is 19.7. The van der Waals surface area contributed by atoms with E-state index in [0.717, 1.165) is 0 Å². The van der Waals surface area contributed by atoms with Crippen molar-refractivity contribution in [3.63, 3.8) is 0 Å². The molecule has 1 aromatic heterocycles. The Morgan fingerprint density at radius 1 is 1.14 bits per heavy atom. The van der Waals surface area contributed by atoms with E-state index in [1.165, 1.54) is 12.1 Å². The molecule has 28 heavy (non-hydrogen) atoms. The van der Waals surface area contributed by atoms with Gasteiger partial charge in [-0.15, -0.1) is 0 Å². The Bertz CT molecular complexity index is 987. The molecule has 0 bridgehead atoms. The van der Waals surface area contributed by atoms with Gasteiger partial charge in [0.1, 0.15) is 11.2 Å². The summed E-state index contributed by atoms with van der Waals surface area (Å²) in [5, 5.41) is 9.02. The highest BCUT2D eigenvalue weighted by Crippen LogP contribution is 2.23. The number of pyridine rings is 1. The molecule has 1 aliphatic heterocycles. The number of benzene rings is 1. The molecule has 1 aromatic carbocycles. The summed E-state index contributed by atoms with van der Waals surface area (Å²) in [5.74, 6) is -1.47. The fraction of sp³-hybridized carbons (Fsp3) is 0.421. The van der Waals surface area contributed by atoms with Gasteiger partial charge in [0.15, 0.2) is 0 Å². The first-order valence-corrected chi connectivity index (χ1v) is 8.88. The van der Waals surface area contributed by atoms with Crippen LogP contribution in [0.1, 0.15) is 31.1 Å². The molecule has 1 N–H and O–H groups in total. The van der Waals surface area contributed by atoms with Crippen molar-refractivity contribution >= 4 is 28.7 Å². The third-order valence-electron chi connectivity index (χ3n) is 4.47. The summed E-state index contributed by atoms with van der Waals surface area (Å²) in [7, 11) is 0. The van der Waals surface area contributed by atoms with Crippen LogP contribution in [0.2, 0.25) is 0 Å². The number of piperazine rings is 1. The summed E-state index contributed by atoms with van der Waals surface area (Å²) in [6, 6.07) is 4.58. The fourth-order valence-corrected chi connectivity index (χ4v) is 3.10. The number of carboxylic acids is 1. The Morgan fingerprint density at radius 3 is 2.36 bits per heavy atom. The van der Waals surface area contributed by atoms with E-state index in [0.29, 0.717) is 38.1 Å². The lowest BCUT2D eigenvalue weighted by Crippen LogP contribution is -2.50. The van der Waals surface area contributed by atoms with Crippen LogP contribution in [0.25, 0.3) is 10.9 Å². The van der Waals surface area contributed by atoms with Gasteiger partial charge < -0.3 is 19.6 Å². The highest BCUT2D eigenvalue weighted by molar-refractivity contribution is 5.93. The van der Waals surface area contributed by atoms with Gasteiger partial charge in [-0.3, -0.25) is 4.79 Å². The van der Waals surface area contributed by atoms with Crippen LogP contribution in [0, 0.1) is 0 Å². The van der Waals surface area contributed by atoms with E-state index in [4.69, 9.17) is 9.84 Å². The van der Waals surface area contributed by atoms with Gasteiger partial charge in [-0.2, -0.15) is 4.79 Å². The monoisotopic (exact) mass is 391 g/mol. The number of carbonyl (C=O) groups is 2. The van der Waals surface area contributed by atoms with E-state index in [1.54, 1.807) is 11.0 Å². The molecule has 9 heteroatoms. The van der Waals surface area contributed by atoms with Crippen LogP contribution in [-0.4, -0.2) is 58.6 Å². The minimum atomic E-state index is -1.47. The van der Waals surface area contributed by atoms with E-state index in [2.05, 4.69) is 0 Å². The van der Waals surface area contributed by atoms with Crippen LogP contribution in [0.4, 0.5) is 15.0 Å². The number of anilines is 1. The van der Waals surface area contributed by atoms with E-state index in [1.807, 2.05) is 25.7 Å². The number of ether oxygens (including phenoxy) is 1. The largest absolute Gasteiger partial charge is 0.477 e. The maximum Gasteiger partial charge on any atom is 0.410 e. The standard InChI is InChI=1S/C19H22FN3O5/c1-19(2,3)28-18(27)22-8-6-21(7-9-22)12-4-5-13-15(10-12)23(20)11-14(16(13)24)17(25)26/h4-5,10-11H,6-9H2,1-3H3,(H,25,26). The van der Waals surface area contributed by atoms with Gasteiger partial charge in [0.05, 0.1) is 11.7 Å². The van der Waals surface area contributed by atoms with Crippen molar-refractivity contribution in [1.82, 2.24) is 9.69 Å². The van der Waals surface area contributed by atoms with Crippen molar-refractivity contribution in [2.45, 2.75) is 26.4 Å². The summed E-state index contributed by atoms with van der Waals surface area (Å²) in [6.45, 7) is 7.37. The van der Waals surface area contributed by atoms with Crippen molar-refractivity contribution in [2.75, 3.05) is 31.1 Å². The molecular formula is C19H22FN3O5. The molecule has 0 unspecified atom stereocenters. The normalized spacial score (nSPS) is 15.0. The minimum Gasteiger partial charge on any atom is -0.477 e. The number of hydrogen-bond donors (Lipinski definition) is 1. The third kappa shape index (κ3) is 3.92. The SMILES string of the molecule is CC(C)(C)OC(=O)N1CCN(c2ccc3c(=O)c(C(=O)O)cn(F)c3c2)CC1. The Hall–Kier alpha value is -3.10. The van der Waals surface area contributed by atoms with Gasteiger partial charge in [-0.05, 0) is 39.0 Å². The quantitative estimate of drug-likeness (QED) is 0.846. The highest BCUT2D eigenvalue weighted by Gasteiger charge is 2.26. The molecule has 0 aliphatic carbocycles. The van der Waals surface area contributed by atoms with Crippen molar-refractivity contribution < 1.29 is 23.9 Å². The van der Waals surface area contributed by atoms with Crippen LogP contribution in [0.3, 0.4) is 0 Å². The number of fused-ring (bicyclic) bond motifs is 1. The zero-order chi connectivity index (χ0) is 20.6. The predicted octanol–water partition coefficient (Wildman–Crippen LogP) is 2.49. The summed E-state index contributed by atoms with van der Waals surface area (Å²) >= 11 is 0. The number of carbonyl (C=O) groups excluding carboxylic acids is 1. The zero-order valence-electron chi connectivity index (χ0n) is 15.9. The van der Waals surface area contributed by atoms with E-state index >= 15 is 0 Å². The molecular weight excluding hydrogens is 369 g/mol. The van der Waals surface area contributed by atoms with Crippen molar-refractivity contribution in [3.8, 4) is 0 Å². The second kappa shape index (κ2) is 7.14. The van der Waals surface area contributed by atoms with Gasteiger partial charge in [0, 0.05) is 37.3 Å². The van der Waals surface area contributed by atoms with Crippen LogP contribution in [0.5, 0.6) is 0 Å². The van der Waals surface area contributed by atoms with E-state index < -0.39 is 22.6 Å². The fourth-order valence-electron chi connectivity index (χ4n) is 3.10. The molecule has 2 aromatic rings. The Kier molecular flexibility index (Phi) is 5.01. The number of amides is 1. The molecule has 3 rings (SSSR count). The Labute approximate surface area is 160 Å². The van der Waals surface area contributed by atoms with Gasteiger partial charge in [-0.1, -0.05) is 4.48 Å². The maximum absolute atomic E-state index is 14.3. The molecule has 0 saturated carbocycles. The van der Waals surface area contributed by atoms with Crippen molar-refractivity contribution in [3.05, 3.63) is 40.2 Å².